The third-order valence-corrected chi connectivity index (χ3v) is 22.3. The van der Waals surface area contributed by atoms with Crippen LogP contribution in [0.1, 0.15) is 127 Å². The maximum Gasteiger partial charge on any atom is 0.332 e. The average Bonchev–Trinajstić information content (AvgIpc) is 3.53. The molecule has 0 spiro atoms. The van der Waals surface area contributed by atoms with Gasteiger partial charge in [0.25, 0.3) is 0 Å². The van der Waals surface area contributed by atoms with E-state index in [1.165, 1.54) is 16.7 Å². The van der Waals surface area contributed by atoms with E-state index in [9.17, 15) is 4.79 Å². The van der Waals surface area contributed by atoms with Crippen molar-refractivity contribution in [1.29, 1.82) is 0 Å². The zero-order valence-corrected chi connectivity index (χ0v) is 35.1. The van der Waals surface area contributed by atoms with Crippen LogP contribution in [-0.2, 0) is 23.1 Å². The van der Waals surface area contributed by atoms with Crippen LogP contribution in [-0.4, -0.2) is 53.1 Å². The Labute approximate surface area is 296 Å². The van der Waals surface area contributed by atoms with Crippen LogP contribution < -0.4 is 0 Å². The summed E-state index contributed by atoms with van der Waals surface area (Å²) in [6.07, 6.45) is 17.6. The van der Waals surface area contributed by atoms with Crippen molar-refractivity contribution in [3.63, 3.8) is 0 Å². The number of carbonyl (C=O) groups excluding carboxylic acids is 1. The van der Waals surface area contributed by atoms with Crippen molar-refractivity contribution >= 4 is 22.6 Å². The molecule has 272 valence electrons. The summed E-state index contributed by atoms with van der Waals surface area (Å²) < 4.78 is 26.2. The molecule has 0 heterocycles. The number of rotatable bonds is 10. The van der Waals surface area contributed by atoms with Gasteiger partial charge in [0.05, 0.1) is 18.3 Å². The predicted octanol–water partition coefficient (Wildman–Crippen LogP) is 11.4. The molecular weight excluding hydrogens is 629 g/mol. The van der Waals surface area contributed by atoms with Crippen molar-refractivity contribution < 1.29 is 23.1 Å². The van der Waals surface area contributed by atoms with E-state index in [2.05, 4.69) is 113 Å². The number of allylic oxidation sites excluding steroid dienone is 4. The molecule has 3 fully saturated rings. The number of carbonyl (C=O) groups is 1. The number of hydrogen-bond acceptors (Lipinski definition) is 5. The zero-order chi connectivity index (χ0) is 35.9. The van der Waals surface area contributed by atoms with Crippen LogP contribution in [0.25, 0.3) is 0 Å². The van der Waals surface area contributed by atoms with Crippen LogP contribution in [0.15, 0.2) is 47.1 Å². The van der Waals surface area contributed by atoms with Gasteiger partial charge in [-0.15, -0.1) is 0 Å². The van der Waals surface area contributed by atoms with E-state index in [1.54, 1.807) is 0 Å². The van der Waals surface area contributed by atoms with Gasteiger partial charge >= 0.3 is 5.97 Å². The Bertz CT molecular complexity index is 1290. The van der Waals surface area contributed by atoms with E-state index in [4.69, 9.17) is 18.3 Å². The fourth-order valence-electron chi connectivity index (χ4n) is 8.06. The highest BCUT2D eigenvalue weighted by molar-refractivity contribution is 6.74. The first-order chi connectivity index (χ1) is 22.0. The number of esters is 1. The lowest BCUT2D eigenvalue weighted by Crippen LogP contribution is -2.49. The molecule has 0 unspecified atom stereocenters. The molecular formula is C41H70O5Si2. The Morgan fingerprint density at radius 3 is 2.17 bits per heavy atom. The fourth-order valence-corrected chi connectivity index (χ4v) is 10.7. The molecule has 4 aliphatic carbocycles. The van der Waals surface area contributed by atoms with Crippen LogP contribution in [0, 0.1) is 11.3 Å². The summed E-state index contributed by atoms with van der Waals surface area (Å²) in [5.74, 6) is 0.214. The van der Waals surface area contributed by atoms with Crippen molar-refractivity contribution in [3.8, 4) is 0 Å². The van der Waals surface area contributed by atoms with Crippen LogP contribution in [0.3, 0.4) is 0 Å². The van der Waals surface area contributed by atoms with E-state index >= 15 is 0 Å². The standard InChI is InChI=1S/C41H70O5Si2/c1-29-32(26-33(45-47(11,12)38(3,4)5)27-36(29)46-48(13,14)39(6,7)8)20-19-31-18-17-25-41(10)34(21-22-35(31)41)30(2)43-28-37(42)44-40(9)23-15-16-24-40/h19-21,30,33,35-36H,1,15-18,22-28H2,2-14H3/t30-,33+,35-,36-,41+/m0/s1. The highest BCUT2D eigenvalue weighted by Crippen LogP contribution is 2.56. The summed E-state index contributed by atoms with van der Waals surface area (Å²) in [6.45, 7) is 34.6. The fraction of sp³-hybridized carbons (Fsp3) is 0.780. The second kappa shape index (κ2) is 14.4. The SMILES string of the molecule is C=C1C(=CC=C2CCC[C@]3(C)C([C@H](C)OCC(=O)OC4(C)CCCC4)=CC[C@@H]23)C[C@@H](O[Si](C)(C)C(C)(C)C)C[C@@H]1O[Si](C)(C)C(C)(C)C. The normalized spacial score (nSPS) is 30.8. The summed E-state index contributed by atoms with van der Waals surface area (Å²) in [5.41, 5.74) is 5.00. The lowest BCUT2D eigenvalue weighted by Gasteiger charge is -2.45. The third-order valence-electron chi connectivity index (χ3n) is 13.3. The maximum atomic E-state index is 12.7. The van der Waals surface area contributed by atoms with Gasteiger partial charge in [0.1, 0.15) is 12.2 Å². The zero-order valence-electron chi connectivity index (χ0n) is 33.1. The molecule has 5 nitrogen and oxygen atoms in total. The van der Waals surface area contributed by atoms with Gasteiger partial charge in [-0.25, -0.2) is 4.79 Å². The predicted molar refractivity (Wildman–Crippen MR) is 205 cm³/mol. The molecule has 0 N–H and O–H groups in total. The Morgan fingerprint density at radius 2 is 1.56 bits per heavy atom. The van der Waals surface area contributed by atoms with E-state index in [0.717, 1.165) is 69.8 Å². The molecule has 0 bridgehead atoms. The van der Waals surface area contributed by atoms with E-state index < -0.39 is 16.6 Å². The van der Waals surface area contributed by atoms with Crippen LogP contribution in [0.5, 0.6) is 0 Å². The lowest BCUT2D eigenvalue weighted by atomic mass is 9.63. The van der Waals surface area contributed by atoms with Crippen LogP contribution in [0.2, 0.25) is 36.3 Å². The Balaban J connectivity index is 1.51. The minimum Gasteiger partial charge on any atom is -0.458 e. The van der Waals surface area contributed by atoms with Crippen molar-refractivity contribution in [1.82, 2.24) is 0 Å². The third kappa shape index (κ3) is 8.78. The highest BCUT2D eigenvalue weighted by Gasteiger charge is 2.47. The minimum atomic E-state index is -2.01. The maximum absolute atomic E-state index is 12.7. The highest BCUT2D eigenvalue weighted by atomic mass is 28.4. The molecule has 48 heavy (non-hydrogen) atoms. The smallest absolute Gasteiger partial charge is 0.332 e. The number of fused-ring (bicyclic) bond motifs is 1. The van der Waals surface area contributed by atoms with Gasteiger partial charge in [0.15, 0.2) is 16.6 Å². The van der Waals surface area contributed by atoms with Gasteiger partial charge in [-0.1, -0.05) is 78.8 Å². The van der Waals surface area contributed by atoms with Gasteiger partial charge in [0.2, 0.25) is 0 Å². The first kappa shape index (κ1) is 39.5. The largest absolute Gasteiger partial charge is 0.458 e. The summed E-state index contributed by atoms with van der Waals surface area (Å²) in [4.78, 5) is 12.7. The van der Waals surface area contributed by atoms with Crippen molar-refractivity contribution in [2.75, 3.05) is 6.61 Å². The topological polar surface area (TPSA) is 54.0 Å². The van der Waals surface area contributed by atoms with Gasteiger partial charge in [-0.05, 0) is 136 Å². The molecule has 0 aromatic carbocycles. The van der Waals surface area contributed by atoms with Crippen molar-refractivity contribution in [3.05, 3.63) is 47.1 Å². The minimum absolute atomic E-state index is 0.0159. The van der Waals surface area contributed by atoms with Crippen molar-refractivity contribution in [2.24, 2.45) is 11.3 Å². The molecule has 0 aliphatic heterocycles. The van der Waals surface area contributed by atoms with E-state index in [-0.39, 0.29) is 52.0 Å². The van der Waals surface area contributed by atoms with E-state index in [0.29, 0.717) is 5.92 Å². The molecule has 0 radical (unpaired) electrons. The molecule has 0 saturated heterocycles. The molecule has 3 saturated carbocycles. The van der Waals surface area contributed by atoms with E-state index in [1.807, 2.05) is 0 Å². The van der Waals surface area contributed by atoms with Gasteiger partial charge in [-0.2, -0.15) is 0 Å². The Morgan fingerprint density at radius 1 is 0.958 bits per heavy atom. The quantitative estimate of drug-likeness (QED) is 0.129. The van der Waals surface area contributed by atoms with Crippen molar-refractivity contribution in [2.45, 2.75) is 187 Å². The van der Waals surface area contributed by atoms with Crippen LogP contribution in [0.4, 0.5) is 0 Å². The monoisotopic (exact) mass is 698 g/mol. The Hall–Kier alpha value is -1.26. The van der Waals surface area contributed by atoms with Crippen LogP contribution >= 0.6 is 0 Å². The van der Waals surface area contributed by atoms with Gasteiger partial charge in [-0.3, -0.25) is 0 Å². The first-order valence-electron chi connectivity index (χ1n) is 19.0. The number of hydrogen-bond donors (Lipinski definition) is 0. The summed E-state index contributed by atoms with van der Waals surface area (Å²) >= 11 is 0. The Kier molecular flexibility index (Phi) is 11.9. The molecule has 4 rings (SSSR count). The molecule has 0 amide bonds. The summed E-state index contributed by atoms with van der Waals surface area (Å²) in [6, 6.07) is 0. The molecule has 0 aromatic heterocycles. The summed E-state index contributed by atoms with van der Waals surface area (Å²) in [7, 11) is -3.97. The molecule has 4 aliphatic rings. The number of ether oxygens (including phenoxy) is 2. The molecule has 0 aromatic rings. The second-order valence-electron chi connectivity index (χ2n) is 19.1. The average molecular weight is 699 g/mol. The first-order valence-corrected chi connectivity index (χ1v) is 24.8. The molecule has 5 atom stereocenters. The van der Waals surface area contributed by atoms with Gasteiger partial charge < -0.3 is 18.3 Å². The lowest BCUT2D eigenvalue weighted by molar-refractivity contribution is -0.164. The second-order valence-corrected chi connectivity index (χ2v) is 28.6. The molecule has 7 heteroatoms. The van der Waals surface area contributed by atoms with Gasteiger partial charge in [0, 0.05) is 6.42 Å². The summed E-state index contributed by atoms with van der Waals surface area (Å²) in [5, 5.41) is 0.277.